The van der Waals surface area contributed by atoms with E-state index in [1.165, 1.54) is 38.5 Å². The van der Waals surface area contributed by atoms with Crippen LogP contribution in [0, 0.1) is 5.92 Å². The maximum Gasteiger partial charge on any atom is 0.160 e. The number of hydrogen-bond donors (Lipinski definition) is 0. The minimum absolute atomic E-state index is 0.0584. The smallest absolute Gasteiger partial charge is 0.160 e. The van der Waals surface area contributed by atoms with Crippen molar-refractivity contribution in [2.45, 2.75) is 70.9 Å². The van der Waals surface area contributed by atoms with Gasteiger partial charge in [-0.2, -0.15) is 0 Å². The minimum atomic E-state index is 0.0584. The van der Waals surface area contributed by atoms with Gasteiger partial charge in [0.05, 0.1) is 12.2 Å². The van der Waals surface area contributed by atoms with Crippen LogP contribution in [-0.2, 0) is 9.47 Å². The Balaban J connectivity index is 1.92. The second kappa shape index (κ2) is 4.63. The molecule has 2 heteroatoms. The van der Waals surface area contributed by atoms with Gasteiger partial charge in [0.2, 0.25) is 0 Å². The fourth-order valence-electron chi connectivity index (χ4n) is 2.42. The van der Waals surface area contributed by atoms with E-state index in [0.29, 0.717) is 18.1 Å². The summed E-state index contributed by atoms with van der Waals surface area (Å²) in [6.45, 7) is 4.34. The largest absolute Gasteiger partial charge is 0.346 e. The summed E-state index contributed by atoms with van der Waals surface area (Å²) < 4.78 is 11.9. The zero-order valence-corrected chi connectivity index (χ0v) is 9.37. The van der Waals surface area contributed by atoms with Crippen LogP contribution in [0.2, 0.25) is 0 Å². The standard InChI is InChI=1S/C12H22O2/c1-9(2)12-13-10-7-5-3-4-6-8-11(10)14-12/h9-12H,3-8H2,1-2H3. The van der Waals surface area contributed by atoms with Gasteiger partial charge in [-0.05, 0) is 12.8 Å². The van der Waals surface area contributed by atoms with Crippen LogP contribution < -0.4 is 0 Å². The average Bonchev–Trinajstić information content (AvgIpc) is 2.48. The van der Waals surface area contributed by atoms with E-state index in [9.17, 15) is 0 Å². The van der Waals surface area contributed by atoms with Gasteiger partial charge in [-0.3, -0.25) is 0 Å². The molecule has 1 aliphatic carbocycles. The molecule has 2 unspecified atom stereocenters. The monoisotopic (exact) mass is 198 g/mol. The van der Waals surface area contributed by atoms with Gasteiger partial charge in [0, 0.05) is 5.92 Å². The lowest BCUT2D eigenvalue weighted by atomic mass is 9.96. The maximum atomic E-state index is 5.94. The van der Waals surface area contributed by atoms with Crippen molar-refractivity contribution in [3.8, 4) is 0 Å². The minimum Gasteiger partial charge on any atom is -0.346 e. The molecule has 82 valence electrons. The van der Waals surface area contributed by atoms with Gasteiger partial charge in [-0.25, -0.2) is 0 Å². The van der Waals surface area contributed by atoms with Gasteiger partial charge in [-0.15, -0.1) is 0 Å². The molecular weight excluding hydrogens is 176 g/mol. The van der Waals surface area contributed by atoms with Crippen molar-refractivity contribution < 1.29 is 9.47 Å². The Morgan fingerprint density at radius 3 is 1.79 bits per heavy atom. The summed E-state index contributed by atoms with van der Waals surface area (Å²) in [7, 11) is 0. The fourth-order valence-corrected chi connectivity index (χ4v) is 2.42. The molecule has 0 bridgehead atoms. The molecule has 0 radical (unpaired) electrons. The molecule has 2 aliphatic rings. The van der Waals surface area contributed by atoms with E-state index in [4.69, 9.17) is 9.47 Å². The van der Waals surface area contributed by atoms with Gasteiger partial charge in [0.1, 0.15) is 0 Å². The second-order valence-corrected chi connectivity index (χ2v) is 4.95. The quantitative estimate of drug-likeness (QED) is 0.644. The Bertz CT molecular complexity index is 163. The van der Waals surface area contributed by atoms with Crippen LogP contribution in [0.4, 0.5) is 0 Å². The van der Waals surface area contributed by atoms with Crippen LogP contribution in [0.5, 0.6) is 0 Å². The van der Waals surface area contributed by atoms with Crippen molar-refractivity contribution in [1.82, 2.24) is 0 Å². The molecule has 1 heterocycles. The second-order valence-electron chi connectivity index (χ2n) is 4.95. The van der Waals surface area contributed by atoms with Crippen LogP contribution in [0.25, 0.3) is 0 Å². The molecule has 1 saturated carbocycles. The summed E-state index contributed by atoms with van der Waals surface area (Å²) in [4.78, 5) is 0. The molecule has 0 N–H and O–H groups in total. The maximum absolute atomic E-state index is 5.94. The zero-order chi connectivity index (χ0) is 9.97. The first-order valence-corrected chi connectivity index (χ1v) is 6.08. The Morgan fingerprint density at radius 1 is 0.857 bits per heavy atom. The summed E-state index contributed by atoms with van der Waals surface area (Å²) in [6, 6.07) is 0. The molecule has 0 spiro atoms. The molecule has 2 atom stereocenters. The van der Waals surface area contributed by atoms with E-state index in [1.807, 2.05) is 0 Å². The molecule has 0 aromatic rings. The Hall–Kier alpha value is -0.0800. The summed E-state index contributed by atoms with van der Waals surface area (Å²) in [5.41, 5.74) is 0. The van der Waals surface area contributed by atoms with Crippen molar-refractivity contribution in [3.05, 3.63) is 0 Å². The fraction of sp³-hybridized carbons (Fsp3) is 1.00. The topological polar surface area (TPSA) is 18.5 Å². The van der Waals surface area contributed by atoms with Gasteiger partial charge >= 0.3 is 0 Å². The van der Waals surface area contributed by atoms with Crippen molar-refractivity contribution in [2.24, 2.45) is 5.92 Å². The van der Waals surface area contributed by atoms with E-state index in [2.05, 4.69) is 13.8 Å². The summed E-state index contributed by atoms with van der Waals surface area (Å²) in [5.74, 6) is 0.489. The van der Waals surface area contributed by atoms with Crippen LogP contribution in [0.15, 0.2) is 0 Å². The average molecular weight is 198 g/mol. The normalized spacial score (nSPS) is 39.2. The van der Waals surface area contributed by atoms with Crippen molar-refractivity contribution in [1.29, 1.82) is 0 Å². The first-order chi connectivity index (χ1) is 6.77. The van der Waals surface area contributed by atoms with Gasteiger partial charge in [0.15, 0.2) is 6.29 Å². The lowest BCUT2D eigenvalue weighted by molar-refractivity contribution is -0.0959. The predicted octanol–water partition coefficient (Wildman–Crippen LogP) is 3.11. The number of hydrogen-bond acceptors (Lipinski definition) is 2. The number of ether oxygens (including phenoxy) is 2. The highest BCUT2D eigenvalue weighted by molar-refractivity contribution is 4.80. The molecule has 1 saturated heterocycles. The summed E-state index contributed by atoms with van der Waals surface area (Å²) in [6.07, 6.45) is 8.62. The summed E-state index contributed by atoms with van der Waals surface area (Å²) >= 11 is 0. The molecule has 0 amide bonds. The van der Waals surface area contributed by atoms with E-state index in [-0.39, 0.29) is 6.29 Å². The highest BCUT2D eigenvalue weighted by Crippen LogP contribution is 2.32. The molecule has 0 aromatic heterocycles. The number of fused-ring (bicyclic) bond motifs is 1. The third-order valence-electron chi connectivity index (χ3n) is 3.30. The zero-order valence-electron chi connectivity index (χ0n) is 9.37. The van der Waals surface area contributed by atoms with Crippen molar-refractivity contribution >= 4 is 0 Å². The molecule has 1 aliphatic heterocycles. The van der Waals surface area contributed by atoms with Crippen LogP contribution in [0.3, 0.4) is 0 Å². The highest BCUT2D eigenvalue weighted by Gasteiger charge is 2.36. The van der Waals surface area contributed by atoms with E-state index >= 15 is 0 Å². The molecule has 14 heavy (non-hydrogen) atoms. The lowest BCUT2D eigenvalue weighted by Gasteiger charge is -2.19. The molecular formula is C12H22O2. The Labute approximate surface area is 87.0 Å². The van der Waals surface area contributed by atoms with Crippen molar-refractivity contribution in [3.63, 3.8) is 0 Å². The van der Waals surface area contributed by atoms with Gasteiger partial charge in [0.25, 0.3) is 0 Å². The first kappa shape index (κ1) is 10.4. The van der Waals surface area contributed by atoms with Gasteiger partial charge < -0.3 is 9.47 Å². The number of rotatable bonds is 1. The third kappa shape index (κ3) is 2.29. The third-order valence-corrected chi connectivity index (χ3v) is 3.30. The molecule has 2 fully saturated rings. The Kier molecular flexibility index (Phi) is 3.45. The lowest BCUT2D eigenvalue weighted by Crippen LogP contribution is -2.23. The molecule has 2 rings (SSSR count). The first-order valence-electron chi connectivity index (χ1n) is 6.08. The SMILES string of the molecule is CC(C)C1OC2CCCCCCC2O1. The van der Waals surface area contributed by atoms with E-state index in [0.717, 1.165) is 0 Å². The van der Waals surface area contributed by atoms with E-state index < -0.39 is 0 Å². The van der Waals surface area contributed by atoms with Crippen LogP contribution >= 0.6 is 0 Å². The molecule has 2 nitrogen and oxygen atoms in total. The predicted molar refractivity (Wildman–Crippen MR) is 56.1 cm³/mol. The summed E-state index contributed by atoms with van der Waals surface area (Å²) in [5, 5.41) is 0. The molecule has 0 aromatic carbocycles. The van der Waals surface area contributed by atoms with Crippen LogP contribution in [0.1, 0.15) is 52.4 Å². The van der Waals surface area contributed by atoms with Gasteiger partial charge in [-0.1, -0.05) is 39.5 Å². The van der Waals surface area contributed by atoms with Crippen molar-refractivity contribution in [2.75, 3.05) is 0 Å². The highest BCUT2D eigenvalue weighted by atomic mass is 16.7. The van der Waals surface area contributed by atoms with E-state index in [1.54, 1.807) is 0 Å². The van der Waals surface area contributed by atoms with Crippen LogP contribution in [-0.4, -0.2) is 18.5 Å². The Morgan fingerprint density at radius 2 is 1.36 bits per heavy atom.